The molecule has 1 heterocycles. The van der Waals surface area contributed by atoms with Crippen LogP contribution in [0.3, 0.4) is 0 Å². The van der Waals surface area contributed by atoms with Gasteiger partial charge in [-0.3, -0.25) is 4.79 Å². The van der Waals surface area contributed by atoms with Gasteiger partial charge in [0.05, 0.1) is 27.0 Å². The van der Waals surface area contributed by atoms with E-state index in [9.17, 15) is 4.79 Å². The van der Waals surface area contributed by atoms with E-state index in [0.29, 0.717) is 39.1 Å². The normalized spacial score (nSPS) is 10.5. The van der Waals surface area contributed by atoms with Crippen LogP contribution in [0.1, 0.15) is 10.4 Å². The monoisotopic (exact) mass is 387 g/mol. The maximum Gasteiger partial charge on any atom is 0.279 e. The largest absolute Gasteiger partial charge is 0.493 e. The molecule has 0 atom stereocenters. The van der Waals surface area contributed by atoms with Crippen molar-refractivity contribution in [2.45, 2.75) is 0 Å². The number of carbonyl (C=O) groups is 1. The van der Waals surface area contributed by atoms with E-state index in [0.717, 1.165) is 0 Å². The summed E-state index contributed by atoms with van der Waals surface area (Å²) in [7, 11) is 4.46. The average Bonchev–Trinajstić information content (AvgIpc) is 3.07. The quantitative estimate of drug-likeness (QED) is 0.720. The summed E-state index contributed by atoms with van der Waals surface area (Å²) >= 11 is 6.07. The summed E-state index contributed by atoms with van der Waals surface area (Å²) < 4.78 is 17.1. The van der Waals surface area contributed by atoms with Gasteiger partial charge in [-0.25, -0.2) is 0 Å². The van der Waals surface area contributed by atoms with E-state index in [1.54, 1.807) is 36.4 Å². The Hall–Kier alpha value is -3.19. The van der Waals surface area contributed by atoms with Crippen molar-refractivity contribution in [3.05, 3.63) is 53.1 Å². The zero-order chi connectivity index (χ0) is 19.6. The number of ether oxygens (including phenoxy) is 3. The zero-order valence-corrected chi connectivity index (χ0v) is 15.8. The molecule has 0 saturated heterocycles. The van der Waals surface area contributed by atoms with E-state index in [4.69, 9.17) is 31.5 Å². The first-order chi connectivity index (χ1) is 13.0. The van der Waals surface area contributed by atoms with Crippen molar-refractivity contribution in [3.8, 4) is 28.5 Å². The van der Waals surface area contributed by atoms with E-state index >= 15 is 0 Å². The third-order valence-corrected chi connectivity index (χ3v) is 4.19. The lowest BCUT2D eigenvalue weighted by Gasteiger charge is -2.14. The van der Waals surface area contributed by atoms with Gasteiger partial charge in [-0.2, -0.15) is 4.68 Å². The Morgan fingerprint density at radius 2 is 1.70 bits per heavy atom. The molecule has 0 saturated carbocycles. The van der Waals surface area contributed by atoms with Crippen LogP contribution in [-0.4, -0.2) is 37.0 Å². The summed E-state index contributed by atoms with van der Waals surface area (Å²) in [5.41, 5.74) is 7.38. The summed E-state index contributed by atoms with van der Waals surface area (Å²) in [4.78, 5) is 13.1. The highest BCUT2D eigenvalue weighted by Crippen LogP contribution is 2.38. The third kappa shape index (κ3) is 3.54. The van der Waals surface area contributed by atoms with Gasteiger partial charge in [0, 0.05) is 22.2 Å². The van der Waals surface area contributed by atoms with Gasteiger partial charge in [0.2, 0.25) is 5.75 Å². The number of hydrogen-bond acceptors (Lipinski definition) is 6. The highest BCUT2D eigenvalue weighted by atomic mass is 35.5. The SMILES string of the molecule is COc1cc(C(=O)n2nc(N)cc2-c2cccc(Cl)c2)cc(OC)c1OC. The first-order valence-electron chi connectivity index (χ1n) is 7.94. The highest BCUT2D eigenvalue weighted by molar-refractivity contribution is 6.30. The van der Waals surface area contributed by atoms with Crippen molar-refractivity contribution < 1.29 is 19.0 Å². The lowest BCUT2D eigenvalue weighted by molar-refractivity contribution is 0.0946. The molecule has 0 bridgehead atoms. The summed E-state index contributed by atoms with van der Waals surface area (Å²) in [5, 5.41) is 4.68. The van der Waals surface area contributed by atoms with Gasteiger partial charge in [0.25, 0.3) is 5.91 Å². The summed E-state index contributed by atoms with van der Waals surface area (Å²) in [6, 6.07) is 11.8. The number of rotatable bonds is 5. The molecule has 0 aliphatic rings. The standard InChI is InChI=1S/C19H18ClN3O4/c1-25-15-8-12(9-16(26-2)18(15)27-3)19(24)23-14(10-17(21)22-23)11-5-4-6-13(20)7-11/h4-10H,1-3H3,(H2,21,22). The van der Waals surface area contributed by atoms with Gasteiger partial charge in [0.1, 0.15) is 5.82 Å². The number of nitrogen functional groups attached to an aromatic ring is 1. The molecule has 0 amide bonds. The van der Waals surface area contributed by atoms with Gasteiger partial charge in [-0.15, -0.1) is 5.10 Å². The molecule has 0 aliphatic carbocycles. The minimum Gasteiger partial charge on any atom is -0.493 e. The minimum absolute atomic E-state index is 0.214. The summed E-state index contributed by atoms with van der Waals surface area (Å²) in [6.45, 7) is 0. The summed E-state index contributed by atoms with van der Waals surface area (Å²) in [5.74, 6) is 0.938. The van der Waals surface area contributed by atoms with Crippen molar-refractivity contribution in [3.63, 3.8) is 0 Å². The molecule has 0 radical (unpaired) electrons. The van der Waals surface area contributed by atoms with E-state index in [2.05, 4.69) is 5.10 Å². The lowest BCUT2D eigenvalue weighted by Crippen LogP contribution is -2.15. The number of methoxy groups -OCH3 is 3. The molecule has 27 heavy (non-hydrogen) atoms. The molecular formula is C19H18ClN3O4. The molecule has 7 nitrogen and oxygen atoms in total. The molecule has 0 spiro atoms. The van der Waals surface area contributed by atoms with E-state index in [1.807, 2.05) is 6.07 Å². The van der Waals surface area contributed by atoms with Crippen molar-refractivity contribution >= 4 is 23.3 Å². The van der Waals surface area contributed by atoms with Gasteiger partial charge in [0.15, 0.2) is 11.5 Å². The lowest BCUT2D eigenvalue weighted by atomic mass is 10.1. The number of nitrogens with zero attached hydrogens (tertiary/aromatic N) is 2. The molecule has 3 rings (SSSR count). The van der Waals surface area contributed by atoms with Crippen molar-refractivity contribution in [2.75, 3.05) is 27.1 Å². The average molecular weight is 388 g/mol. The number of halogens is 1. The number of nitrogens with two attached hydrogens (primary N) is 1. The number of aromatic nitrogens is 2. The van der Waals surface area contributed by atoms with Gasteiger partial charge >= 0.3 is 0 Å². The Labute approximate surface area is 161 Å². The summed E-state index contributed by atoms with van der Waals surface area (Å²) in [6.07, 6.45) is 0. The fraction of sp³-hybridized carbons (Fsp3) is 0.158. The Balaban J connectivity index is 2.12. The predicted molar refractivity (Wildman–Crippen MR) is 103 cm³/mol. The Bertz CT molecular complexity index is 975. The van der Waals surface area contributed by atoms with Crippen LogP contribution >= 0.6 is 11.6 Å². The zero-order valence-electron chi connectivity index (χ0n) is 15.0. The van der Waals surface area contributed by atoms with E-state index in [1.165, 1.54) is 26.0 Å². The first kappa shape index (κ1) is 18.6. The minimum atomic E-state index is -0.402. The molecule has 3 aromatic rings. The Morgan fingerprint density at radius 1 is 1.04 bits per heavy atom. The second-order valence-electron chi connectivity index (χ2n) is 5.60. The van der Waals surface area contributed by atoms with Crippen molar-refractivity contribution in [1.29, 1.82) is 0 Å². The van der Waals surface area contributed by atoms with Gasteiger partial charge in [-0.05, 0) is 24.3 Å². The van der Waals surface area contributed by atoms with Crippen LogP contribution in [0.25, 0.3) is 11.3 Å². The Kier molecular flexibility index (Phi) is 5.23. The fourth-order valence-electron chi connectivity index (χ4n) is 2.73. The van der Waals surface area contributed by atoms with Crippen LogP contribution in [0.2, 0.25) is 5.02 Å². The van der Waals surface area contributed by atoms with Gasteiger partial charge < -0.3 is 19.9 Å². The number of benzene rings is 2. The second kappa shape index (κ2) is 7.59. The van der Waals surface area contributed by atoms with Crippen LogP contribution < -0.4 is 19.9 Å². The molecule has 1 aromatic heterocycles. The van der Waals surface area contributed by atoms with Crippen LogP contribution in [0, 0.1) is 0 Å². The maximum atomic E-state index is 13.1. The molecule has 8 heteroatoms. The molecule has 2 N–H and O–H groups in total. The van der Waals surface area contributed by atoms with Gasteiger partial charge in [-0.1, -0.05) is 23.7 Å². The first-order valence-corrected chi connectivity index (χ1v) is 8.32. The highest BCUT2D eigenvalue weighted by Gasteiger charge is 2.21. The van der Waals surface area contributed by atoms with Crippen molar-refractivity contribution in [2.24, 2.45) is 0 Å². The molecular weight excluding hydrogens is 370 g/mol. The number of anilines is 1. The third-order valence-electron chi connectivity index (χ3n) is 3.95. The molecule has 0 aliphatic heterocycles. The Morgan fingerprint density at radius 3 is 2.26 bits per heavy atom. The maximum absolute atomic E-state index is 13.1. The fourth-order valence-corrected chi connectivity index (χ4v) is 2.92. The second-order valence-corrected chi connectivity index (χ2v) is 6.03. The molecule has 0 fully saturated rings. The molecule has 0 unspecified atom stereocenters. The smallest absolute Gasteiger partial charge is 0.279 e. The van der Waals surface area contributed by atoms with Crippen molar-refractivity contribution in [1.82, 2.24) is 9.78 Å². The van der Waals surface area contributed by atoms with Crippen LogP contribution in [0.5, 0.6) is 17.2 Å². The van der Waals surface area contributed by atoms with E-state index in [-0.39, 0.29) is 5.82 Å². The topological polar surface area (TPSA) is 88.6 Å². The predicted octanol–water partition coefficient (Wildman–Crippen LogP) is 3.50. The van der Waals surface area contributed by atoms with Crippen LogP contribution in [-0.2, 0) is 0 Å². The van der Waals surface area contributed by atoms with Crippen LogP contribution in [0.4, 0.5) is 5.82 Å². The molecule has 2 aromatic carbocycles. The number of carbonyl (C=O) groups excluding carboxylic acids is 1. The number of hydrogen-bond donors (Lipinski definition) is 1. The van der Waals surface area contributed by atoms with E-state index < -0.39 is 5.91 Å². The molecule has 140 valence electrons. The van der Waals surface area contributed by atoms with Crippen LogP contribution in [0.15, 0.2) is 42.5 Å².